The number of hydrogen-bond acceptors (Lipinski definition) is 5. The van der Waals surface area contributed by atoms with Crippen LogP contribution in [0.1, 0.15) is 47.4 Å². The van der Waals surface area contributed by atoms with Crippen molar-refractivity contribution in [2.75, 3.05) is 6.61 Å². The molecule has 1 N–H and O–H groups in total. The monoisotopic (exact) mass is 675 g/mol. The number of rotatable bonds is 11. The van der Waals surface area contributed by atoms with E-state index in [4.69, 9.17) is 9.72 Å². The molecular weight excluding hydrogens is 635 g/mol. The van der Waals surface area contributed by atoms with Gasteiger partial charge in [-0.3, -0.25) is 4.79 Å². The van der Waals surface area contributed by atoms with Gasteiger partial charge >= 0.3 is 6.09 Å². The van der Waals surface area contributed by atoms with Crippen molar-refractivity contribution in [2.24, 2.45) is 11.8 Å². The van der Waals surface area contributed by atoms with Gasteiger partial charge in [0.15, 0.2) is 5.60 Å². The molecule has 7 rings (SSSR count). The topological polar surface area (TPSA) is 84.7 Å². The molecule has 0 spiro atoms. The molecule has 256 valence electrons. The highest BCUT2D eigenvalue weighted by Gasteiger charge is 2.60. The van der Waals surface area contributed by atoms with Gasteiger partial charge in [-0.05, 0) is 22.6 Å². The van der Waals surface area contributed by atoms with Crippen LogP contribution in [0.2, 0.25) is 0 Å². The van der Waals surface area contributed by atoms with Crippen molar-refractivity contribution in [3.63, 3.8) is 0 Å². The summed E-state index contributed by atoms with van der Waals surface area (Å²) in [5.41, 5.74) is 3.28. The standard InChI is InChI=1S/C44H41N3O4/c1-32(2)40-44(37-24-14-6-15-25-37,38-26-16-7-17-27-38)51-42(50)47(40)41(49)33(30-48)28-39-29-46(31-45-39)43(34-18-8-3-9-19-34,35-20-10-4-11-21-35)36-22-12-5-13-23-36/h3-27,29,31-33,40,48H,28,30H2,1-2H3/t33-,40+/m0/s1. The molecule has 0 unspecified atom stereocenters. The lowest BCUT2D eigenvalue weighted by molar-refractivity contribution is -0.136. The lowest BCUT2D eigenvalue weighted by Gasteiger charge is -2.38. The predicted molar refractivity (Wildman–Crippen MR) is 197 cm³/mol. The number of imidazole rings is 1. The third-order valence-corrected chi connectivity index (χ3v) is 10.0. The fourth-order valence-corrected chi connectivity index (χ4v) is 7.85. The summed E-state index contributed by atoms with van der Waals surface area (Å²) in [6, 6.07) is 49.3. The van der Waals surface area contributed by atoms with E-state index in [0.717, 1.165) is 27.8 Å². The number of benzene rings is 5. The normalized spacial score (nSPS) is 16.2. The third-order valence-electron chi connectivity index (χ3n) is 10.0. The predicted octanol–water partition coefficient (Wildman–Crippen LogP) is 7.82. The molecule has 1 aliphatic heterocycles. The Bertz CT molecular complexity index is 1930. The molecule has 0 aliphatic carbocycles. The van der Waals surface area contributed by atoms with Crippen LogP contribution in [0.5, 0.6) is 0 Å². The SMILES string of the molecule is CC(C)[C@H]1N(C(=O)[C@H](CO)Cc2cn(C(c3ccccc3)(c3ccccc3)c3ccccc3)cn2)C(=O)OC1(c1ccccc1)c1ccccc1. The Morgan fingerprint density at radius 3 is 1.59 bits per heavy atom. The Morgan fingerprint density at radius 1 is 0.745 bits per heavy atom. The Morgan fingerprint density at radius 2 is 1.18 bits per heavy atom. The number of cyclic esters (lactones) is 1. The molecule has 5 aromatic carbocycles. The summed E-state index contributed by atoms with van der Waals surface area (Å²) in [4.78, 5) is 34.6. The van der Waals surface area contributed by atoms with E-state index in [1.807, 2.05) is 135 Å². The minimum absolute atomic E-state index is 0.120. The first-order chi connectivity index (χ1) is 24.9. The molecule has 2 atom stereocenters. The zero-order chi connectivity index (χ0) is 35.4. The van der Waals surface area contributed by atoms with Gasteiger partial charge in [-0.25, -0.2) is 14.7 Å². The quantitative estimate of drug-likeness (QED) is 0.142. The molecule has 51 heavy (non-hydrogen) atoms. The number of imide groups is 1. The number of aliphatic hydroxyl groups is 1. The maximum absolute atomic E-state index is 14.6. The van der Waals surface area contributed by atoms with Crippen LogP contribution in [0.4, 0.5) is 4.79 Å². The van der Waals surface area contributed by atoms with E-state index in [2.05, 4.69) is 41.0 Å². The minimum Gasteiger partial charge on any atom is -0.430 e. The third kappa shape index (κ3) is 5.83. The van der Waals surface area contributed by atoms with Crippen LogP contribution in [-0.2, 0) is 27.1 Å². The summed E-state index contributed by atoms with van der Waals surface area (Å²) in [5.74, 6) is -1.61. The van der Waals surface area contributed by atoms with Gasteiger partial charge < -0.3 is 14.4 Å². The first-order valence-electron chi connectivity index (χ1n) is 17.4. The second-order valence-corrected chi connectivity index (χ2v) is 13.4. The number of ether oxygens (including phenoxy) is 1. The highest BCUT2D eigenvalue weighted by Crippen LogP contribution is 2.48. The van der Waals surface area contributed by atoms with Gasteiger partial charge in [0, 0.05) is 23.7 Å². The van der Waals surface area contributed by atoms with E-state index in [0.29, 0.717) is 5.69 Å². The Balaban J connectivity index is 1.28. The Labute approximate surface area is 298 Å². The molecule has 1 fully saturated rings. The number of aromatic nitrogens is 2. The molecule has 2 amide bonds. The summed E-state index contributed by atoms with van der Waals surface area (Å²) in [6.45, 7) is 3.50. The molecule has 1 aliphatic rings. The molecule has 7 heteroatoms. The van der Waals surface area contributed by atoms with E-state index < -0.39 is 41.7 Å². The van der Waals surface area contributed by atoms with Crippen LogP contribution >= 0.6 is 0 Å². The van der Waals surface area contributed by atoms with E-state index in [1.54, 1.807) is 6.33 Å². The molecule has 0 radical (unpaired) electrons. The first-order valence-corrected chi connectivity index (χ1v) is 17.4. The summed E-state index contributed by atoms with van der Waals surface area (Å²) >= 11 is 0. The van der Waals surface area contributed by atoms with Gasteiger partial charge in [-0.2, -0.15) is 0 Å². The Kier molecular flexibility index (Phi) is 9.39. The smallest absolute Gasteiger partial charge is 0.418 e. The van der Waals surface area contributed by atoms with Crippen LogP contribution in [0.25, 0.3) is 0 Å². The van der Waals surface area contributed by atoms with Gasteiger partial charge in [0.2, 0.25) is 5.91 Å². The fraction of sp³-hybridized carbons (Fsp3) is 0.205. The van der Waals surface area contributed by atoms with Gasteiger partial charge in [-0.1, -0.05) is 166 Å². The summed E-state index contributed by atoms with van der Waals surface area (Å²) < 4.78 is 8.42. The van der Waals surface area contributed by atoms with E-state index >= 15 is 0 Å². The largest absolute Gasteiger partial charge is 0.430 e. The minimum atomic E-state index is -1.23. The van der Waals surface area contributed by atoms with Crippen molar-refractivity contribution in [1.82, 2.24) is 14.5 Å². The number of aliphatic hydroxyl groups excluding tert-OH is 1. The molecule has 2 heterocycles. The van der Waals surface area contributed by atoms with Crippen LogP contribution in [0.15, 0.2) is 164 Å². The van der Waals surface area contributed by atoms with Crippen molar-refractivity contribution < 1.29 is 19.4 Å². The average molecular weight is 676 g/mol. The van der Waals surface area contributed by atoms with Crippen molar-refractivity contribution in [3.05, 3.63) is 198 Å². The lowest BCUT2D eigenvalue weighted by Crippen LogP contribution is -2.52. The van der Waals surface area contributed by atoms with Crippen LogP contribution in [0.3, 0.4) is 0 Å². The second-order valence-electron chi connectivity index (χ2n) is 13.4. The molecule has 0 bridgehead atoms. The molecule has 1 saturated heterocycles. The zero-order valence-corrected chi connectivity index (χ0v) is 28.7. The second kappa shape index (κ2) is 14.2. The van der Waals surface area contributed by atoms with Crippen molar-refractivity contribution in [2.45, 2.75) is 37.5 Å². The zero-order valence-electron chi connectivity index (χ0n) is 28.7. The Hall–Kier alpha value is -5.79. The van der Waals surface area contributed by atoms with E-state index in [1.165, 1.54) is 4.90 Å². The van der Waals surface area contributed by atoms with Gasteiger partial charge in [0.1, 0.15) is 5.54 Å². The maximum Gasteiger partial charge on any atom is 0.418 e. The molecular formula is C44H41N3O4. The highest BCUT2D eigenvalue weighted by atomic mass is 16.6. The average Bonchev–Trinajstić information content (AvgIpc) is 3.79. The number of amides is 2. The number of nitrogens with zero attached hydrogens (tertiary/aromatic N) is 3. The van der Waals surface area contributed by atoms with Crippen molar-refractivity contribution in [3.8, 4) is 0 Å². The molecule has 6 aromatic rings. The summed E-state index contributed by atoms with van der Waals surface area (Å²) in [6.07, 6.45) is 3.13. The molecule has 0 saturated carbocycles. The maximum atomic E-state index is 14.6. The molecule has 1 aromatic heterocycles. The summed E-state index contributed by atoms with van der Waals surface area (Å²) in [5, 5.41) is 10.8. The van der Waals surface area contributed by atoms with E-state index in [-0.39, 0.29) is 12.3 Å². The fourth-order valence-electron chi connectivity index (χ4n) is 7.85. The first kappa shape index (κ1) is 33.7. The number of carbonyl (C=O) groups excluding carboxylic acids is 2. The number of carbonyl (C=O) groups is 2. The van der Waals surface area contributed by atoms with E-state index in [9.17, 15) is 14.7 Å². The highest BCUT2D eigenvalue weighted by molar-refractivity contribution is 5.96. The van der Waals surface area contributed by atoms with Crippen LogP contribution < -0.4 is 0 Å². The summed E-state index contributed by atoms with van der Waals surface area (Å²) in [7, 11) is 0. The van der Waals surface area contributed by atoms with Crippen LogP contribution in [-0.4, -0.2) is 44.2 Å². The molecule has 7 nitrogen and oxygen atoms in total. The lowest BCUT2D eigenvalue weighted by atomic mass is 9.75. The van der Waals surface area contributed by atoms with Gasteiger partial charge in [0.25, 0.3) is 0 Å². The number of hydrogen-bond donors (Lipinski definition) is 1. The van der Waals surface area contributed by atoms with Crippen LogP contribution in [0, 0.1) is 11.8 Å². The van der Waals surface area contributed by atoms with Gasteiger partial charge in [0.05, 0.1) is 30.6 Å². The van der Waals surface area contributed by atoms with Crippen molar-refractivity contribution >= 4 is 12.0 Å². The van der Waals surface area contributed by atoms with Crippen molar-refractivity contribution in [1.29, 1.82) is 0 Å². The van der Waals surface area contributed by atoms with Gasteiger partial charge in [-0.15, -0.1) is 0 Å².